The molecule has 140 valence electrons. The monoisotopic (exact) mass is 376 g/mol. The molecule has 28 heavy (non-hydrogen) atoms. The molecule has 0 fully saturated rings. The van der Waals surface area contributed by atoms with Gasteiger partial charge in [-0.3, -0.25) is 0 Å². The number of benzene rings is 2. The summed E-state index contributed by atoms with van der Waals surface area (Å²) >= 11 is 0. The van der Waals surface area contributed by atoms with Crippen molar-refractivity contribution in [3.63, 3.8) is 0 Å². The molecule has 0 amide bonds. The molecule has 0 N–H and O–H groups in total. The van der Waals surface area contributed by atoms with Gasteiger partial charge in [0.1, 0.15) is 17.1 Å². The van der Waals surface area contributed by atoms with Gasteiger partial charge < -0.3 is 9.15 Å². The number of ether oxygens (including phenoxy) is 1. The zero-order chi connectivity index (χ0) is 19.5. The Kier molecular flexibility index (Phi) is 4.76. The highest BCUT2D eigenvalue weighted by Crippen LogP contribution is 2.29. The van der Waals surface area contributed by atoms with Crippen LogP contribution in [0.4, 0.5) is 4.39 Å². The van der Waals surface area contributed by atoms with E-state index < -0.39 is 5.97 Å². The first-order valence-electron chi connectivity index (χ1n) is 8.83. The second-order valence-corrected chi connectivity index (χ2v) is 6.07. The number of esters is 1. The van der Waals surface area contributed by atoms with Crippen LogP contribution in [0.25, 0.3) is 28.3 Å². The minimum atomic E-state index is -0.455. The predicted octanol–water partition coefficient (Wildman–Crippen LogP) is 5.12. The number of carbonyl (C=O) groups is 1. The van der Waals surface area contributed by atoms with Crippen LogP contribution in [0.15, 0.2) is 77.5 Å². The number of halogens is 1. The van der Waals surface area contributed by atoms with Gasteiger partial charge in [0.25, 0.3) is 0 Å². The highest BCUT2D eigenvalue weighted by Gasteiger charge is 2.22. The maximum Gasteiger partial charge on any atom is 0.342 e. The Balaban J connectivity index is 1.75. The topological polar surface area (TPSA) is 57.3 Å². The lowest BCUT2D eigenvalue weighted by atomic mass is 10.1. The Morgan fingerprint density at radius 1 is 1.07 bits per heavy atom. The van der Waals surface area contributed by atoms with E-state index in [2.05, 4.69) is 5.10 Å². The van der Waals surface area contributed by atoms with E-state index in [1.54, 1.807) is 42.1 Å². The molecule has 0 saturated carbocycles. The van der Waals surface area contributed by atoms with E-state index in [1.807, 2.05) is 24.3 Å². The van der Waals surface area contributed by atoms with Gasteiger partial charge >= 0.3 is 5.97 Å². The molecule has 4 aromatic rings. The summed E-state index contributed by atoms with van der Waals surface area (Å²) in [5, 5.41) is 4.37. The minimum absolute atomic E-state index is 0.272. The second kappa shape index (κ2) is 7.52. The fourth-order valence-electron chi connectivity index (χ4n) is 2.99. The summed E-state index contributed by atoms with van der Waals surface area (Å²) in [6, 6.07) is 17.4. The smallest absolute Gasteiger partial charge is 0.342 e. The molecule has 2 aromatic carbocycles. The molecule has 0 bridgehead atoms. The van der Waals surface area contributed by atoms with Crippen LogP contribution in [-0.2, 0) is 4.74 Å². The maximum atomic E-state index is 13.1. The van der Waals surface area contributed by atoms with Gasteiger partial charge in [0.15, 0.2) is 5.76 Å². The third-order valence-corrected chi connectivity index (χ3v) is 4.31. The van der Waals surface area contributed by atoms with Crippen LogP contribution in [-0.4, -0.2) is 22.4 Å². The molecule has 0 aliphatic carbocycles. The van der Waals surface area contributed by atoms with E-state index in [4.69, 9.17) is 9.15 Å². The first-order valence-corrected chi connectivity index (χ1v) is 8.83. The van der Waals surface area contributed by atoms with Crippen molar-refractivity contribution >= 4 is 5.97 Å². The van der Waals surface area contributed by atoms with Crippen molar-refractivity contribution in [1.29, 1.82) is 0 Å². The van der Waals surface area contributed by atoms with E-state index in [0.717, 1.165) is 16.8 Å². The van der Waals surface area contributed by atoms with E-state index in [0.29, 0.717) is 17.0 Å². The molecule has 0 saturated heterocycles. The average molecular weight is 376 g/mol. The zero-order valence-corrected chi connectivity index (χ0v) is 15.1. The van der Waals surface area contributed by atoms with Crippen LogP contribution in [0.5, 0.6) is 0 Å². The van der Waals surface area contributed by atoms with Crippen LogP contribution in [0.2, 0.25) is 0 Å². The normalized spacial score (nSPS) is 10.8. The number of nitrogens with zero attached hydrogens (tertiary/aromatic N) is 2. The Labute approximate surface area is 161 Å². The SMILES string of the molecule is CCOC(=O)c1cnn(-c2ccc(-c3ccc(F)cc3)cc2)c1-c1ccco1. The Hall–Kier alpha value is -3.67. The minimum Gasteiger partial charge on any atom is -0.463 e. The number of carbonyl (C=O) groups excluding carboxylic acids is 1. The lowest BCUT2D eigenvalue weighted by Crippen LogP contribution is -2.06. The van der Waals surface area contributed by atoms with Crippen molar-refractivity contribution in [3.8, 4) is 28.3 Å². The standard InChI is InChI=1S/C22H17FN2O3/c1-2-27-22(26)19-14-24-25(21(19)20-4-3-13-28-20)18-11-7-16(8-12-18)15-5-9-17(23)10-6-15/h3-14H,2H2,1H3. The molecule has 2 heterocycles. The molecule has 0 aliphatic rings. The van der Waals surface area contributed by atoms with Crippen molar-refractivity contribution in [2.45, 2.75) is 6.92 Å². The van der Waals surface area contributed by atoms with Crippen molar-refractivity contribution < 1.29 is 18.3 Å². The van der Waals surface area contributed by atoms with Crippen LogP contribution in [0, 0.1) is 5.82 Å². The molecule has 2 aromatic heterocycles. The Bertz CT molecular complexity index is 1080. The van der Waals surface area contributed by atoms with Gasteiger partial charge in [-0.2, -0.15) is 5.10 Å². The van der Waals surface area contributed by atoms with Crippen LogP contribution >= 0.6 is 0 Å². The average Bonchev–Trinajstić information content (AvgIpc) is 3.38. The van der Waals surface area contributed by atoms with Gasteiger partial charge in [-0.05, 0) is 54.4 Å². The fraction of sp³-hybridized carbons (Fsp3) is 0.0909. The lowest BCUT2D eigenvalue weighted by molar-refractivity contribution is 0.0527. The molecule has 0 atom stereocenters. The quantitative estimate of drug-likeness (QED) is 0.454. The van der Waals surface area contributed by atoms with E-state index in [1.165, 1.54) is 18.3 Å². The summed E-state index contributed by atoms with van der Waals surface area (Å²) in [4.78, 5) is 12.3. The molecular formula is C22H17FN2O3. The molecule has 0 aliphatic heterocycles. The number of hydrogen-bond donors (Lipinski definition) is 0. The Morgan fingerprint density at radius 3 is 2.36 bits per heavy atom. The third kappa shape index (κ3) is 3.32. The fourth-order valence-corrected chi connectivity index (χ4v) is 2.99. The van der Waals surface area contributed by atoms with Crippen molar-refractivity contribution in [1.82, 2.24) is 9.78 Å². The van der Waals surface area contributed by atoms with E-state index in [-0.39, 0.29) is 12.4 Å². The molecule has 0 radical (unpaired) electrons. The van der Waals surface area contributed by atoms with Crippen LogP contribution < -0.4 is 0 Å². The van der Waals surface area contributed by atoms with Gasteiger partial charge in [0, 0.05) is 0 Å². The largest absolute Gasteiger partial charge is 0.463 e. The Morgan fingerprint density at radius 2 is 1.75 bits per heavy atom. The summed E-state index contributed by atoms with van der Waals surface area (Å²) in [5.74, 6) is -0.210. The first-order chi connectivity index (χ1) is 13.7. The predicted molar refractivity (Wildman–Crippen MR) is 103 cm³/mol. The number of aromatic nitrogens is 2. The highest BCUT2D eigenvalue weighted by molar-refractivity contribution is 5.95. The number of hydrogen-bond acceptors (Lipinski definition) is 4. The third-order valence-electron chi connectivity index (χ3n) is 4.31. The summed E-state index contributed by atoms with van der Waals surface area (Å²) in [7, 11) is 0. The summed E-state index contributed by atoms with van der Waals surface area (Å²) in [5.41, 5.74) is 3.47. The maximum absolute atomic E-state index is 13.1. The molecule has 5 nitrogen and oxygen atoms in total. The van der Waals surface area contributed by atoms with Gasteiger partial charge in [0.2, 0.25) is 0 Å². The van der Waals surface area contributed by atoms with Crippen LogP contribution in [0.3, 0.4) is 0 Å². The van der Waals surface area contributed by atoms with Gasteiger partial charge in [-0.1, -0.05) is 24.3 Å². The molecule has 0 spiro atoms. The van der Waals surface area contributed by atoms with E-state index in [9.17, 15) is 9.18 Å². The highest BCUT2D eigenvalue weighted by atomic mass is 19.1. The molecule has 0 unspecified atom stereocenters. The molecule has 4 rings (SSSR count). The lowest BCUT2D eigenvalue weighted by Gasteiger charge is -2.09. The summed E-state index contributed by atoms with van der Waals surface area (Å²) in [6.07, 6.45) is 3.02. The van der Waals surface area contributed by atoms with Gasteiger partial charge in [-0.15, -0.1) is 0 Å². The van der Waals surface area contributed by atoms with E-state index >= 15 is 0 Å². The van der Waals surface area contributed by atoms with Crippen LogP contribution in [0.1, 0.15) is 17.3 Å². The van der Waals surface area contributed by atoms with Crippen molar-refractivity contribution in [2.24, 2.45) is 0 Å². The van der Waals surface area contributed by atoms with Crippen molar-refractivity contribution in [2.75, 3.05) is 6.61 Å². The summed E-state index contributed by atoms with van der Waals surface area (Å²) in [6.45, 7) is 2.02. The van der Waals surface area contributed by atoms with Gasteiger partial charge in [0.05, 0.1) is 24.8 Å². The first kappa shape index (κ1) is 17.7. The number of furan rings is 1. The summed E-state index contributed by atoms with van der Waals surface area (Å²) < 4.78 is 25.4. The second-order valence-electron chi connectivity index (χ2n) is 6.07. The van der Waals surface area contributed by atoms with Crippen molar-refractivity contribution in [3.05, 3.63) is 84.5 Å². The zero-order valence-electron chi connectivity index (χ0n) is 15.1. The molecule has 6 heteroatoms. The number of rotatable bonds is 5. The molecular weight excluding hydrogens is 359 g/mol. The van der Waals surface area contributed by atoms with Gasteiger partial charge in [-0.25, -0.2) is 13.9 Å².